The molecule has 0 fully saturated rings. The zero-order valence-corrected chi connectivity index (χ0v) is 13.3. The third-order valence-corrected chi connectivity index (χ3v) is 4.72. The molecule has 1 rings (SSSR count). The van der Waals surface area contributed by atoms with Gasteiger partial charge in [0.1, 0.15) is 5.82 Å². The van der Waals surface area contributed by atoms with E-state index in [-0.39, 0.29) is 16.8 Å². The molecular weight excluding hydrogens is 279 g/mol. The lowest BCUT2D eigenvalue weighted by atomic mass is 10.1. The molecule has 1 aromatic carbocycles. The van der Waals surface area contributed by atoms with Gasteiger partial charge in [0, 0.05) is 18.2 Å². The van der Waals surface area contributed by atoms with Crippen LogP contribution in [0.15, 0.2) is 17.0 Å². The van der Waals surface area contributed by atoms with Gasteiger partial charge < -0.3 is 5.32 Å². The molecule has 0 spiro atoms. The molecule has 0 saturated carbocycles. The summed E-state index contributed by atoms with van der Waals surface area (Å²) in [5, 5.41) is 3.01. The Morgan fingerprint density at radius 1 is 1.30 bits per heavy atom. The third kappa shape index (κ3) is 4.26. The Bertz CT molecular complexity index is 559. The predicted octanol–water partition coefficient (Wildman–Crippen LogP) is 2.32. The Kier molecular flexibility index (Phi) is 6.10. The summed E-state index contributed by atoms with van der Waals surface area (Å²) in [6.45, 7) is 8.20. The summed E-state index contributed by atoms with van der Waals surface area (Å²) < 4.78 is 41.0. The molecule has 0 aliphatic rings. The molecule has 6 heteroatoms. The lowest BCUT2D eigenvalue weighted by molar-refractivity contribution is 0.553. The second kappa shape index (κ2) is 7.15. The molecule has 0 heterocycles. The van der Waals surface area contributed by atoms with E-state index in [1.807, 2.05) is 13.8 Å². The molecule has 0 aliphatic heterocycles. The molecule has 114 valence electrons. The average Bonchev–Trinajstić information content (AvgIpc) is 2.39. The number of halogens is 1. The van der Waals surface area contributed by atoms with Crippen LogP contribution in [0.2, 0.25) is 0 Å². The molecule has 20 heavy (non-hydrogen) atoms. The van der Waals surface area contributed by atoms with Gasteiger partial charge in [-0.2, -0.15) is 0 Å². The number of nitrogens with one attached hydrogen (secondary N) is 2. The molecule has 0 radical (unpaired) electrons. The highest BCUT2D eigenvalue weighted by molar-refractivity contribution is 7.89. The minimum absolute atomic E-state index is 0.115. The average molecular weight is 302 g/mol. The van der Waals surface area contributed by atoms with Gasteiger partial charge >= 0.3 is 0 Å². The van der Waals surface area contributed by atoms with Crippen molar-refractivity contribution in [3.63, 3.8) is 0 Å². The molecule has 0 aliphatic carbocycles. The van der Waals surface area contributed by atoms with Crippen molar-refractivity contribution in [2.45, 2.75) is 51.6 Å². The van der Waals surface area contributed by atoms with Gasteiger partial charge in [0.15, 0.2) is 0 Å². The summed E-state index contributed by atoms with van der Waals surface area (Å²) in [6.07, 6.45) is 0.698. The second-order valence-corrected chi connectivity index (χ2v) is 6.64. The normalized spacial score (nSPS) is 13.4. The van der Waals surface area contributed by atoms with E-state index in [0.717, 1.165) is 0 Å². The fourth-order valence-corrected chi connectivity index (χ4v) is 3.23. The van der Waals surface area contributed by atoms with Crippen molar-refractivity contribution in [1.82, 2.24) is 10.0 Å². The van der Waals surface area contributed by atoms with Gasteiger partial charge in [0.05, 0.1) is 4.90 Å². The Morgan fingerprint density at radius 2 is 1.95 bits per heavy atom. The van der Waals surface area contributed by atoms with Gasteiger partial charge in [-0.1, -0.05) is 13.8 Å². The molecule has 0 saturated heterocycles. The minimum Gasteiger partial charge on any atom is -0.313 e. The molecule has 1 unspecified atom stereocenters. The first-order valence-electron chi connectivity index (χ1n) is 6.83. The standard InChI is InChI=1S/C14H23FN2O2S/c1-5-11(4)17-20(18,19)13-7-10(3)14(15)12(8-13)9-16-6-2/h7-8,11,16-17H,5-6,9H2,1-4H3. The lowest BCUT2D eigenvalue weighted by Gasteiger charge is -2.14. The number of hydrogen-bond acceptors (Lipinski definition) is 3. The van der Waals surface area contributed by atoms with Gasteiger partial charge in [0.2, 0.25) is 10.0 Å². The van der Waals surface area contributed by atoms with Crippen LogP contribution in [0.1, 0.15) is 38.3 Å². The van der Waals surface area contributed by atoms with Gasteiger partial charge in [-0.25, -0.2) is 17.5 Å². The van der Waals surface area contributed by atoms with E-state index in [4.69, 9.17) is 0 Å². The van der Waals surface area contributed by atoms with Crippen molar-refractivity contribution in [3.05, 3.63) is 29.1 Å². The smallest absolute Gasteiger partial charge is 0.240 e. The van der Waals surface area contributed by atoms with Crippen LogP contribution in [0.5, 0.6) is 0 Å². The van der Waals surface area contributed by atoms with Crippen LogP contribution in [0.25, 0.3) is 0 Å². The van der Waals surface area contributed by atoms with Gasteiger partial charge in [0.25, 0.3) is 0 Å². The third-order valence-electron chi connectivity index (χ3n) is 3.15. The van der Waals surface area contributed by atoms with Crippen molar-refractivity contribution < 1.29 is 12.8 Å². The Morgan fingerprint density at radius 3 is 2.50 bits per heavy atom. The first-order valence-corrected chi connectivity index (χ1v) is 8.32. The van der Waals surface area contributed by atoms with Crippen molar-refractivity contribution in [1.29, 1.82) is 0 Å². The topological polar surface area (TPSA) is 58.2 Å². The summed E-state index contributed by atoms with van der Waals surface area (Å²) in [5.74, 6) is -0.353. The number of benzene rings is 1. The summed E-state index contributed by atoms with van der Waals surface area (Å²) in [5.41, 5.74) is 0.710. The van der Waals surface area contributed by atoms with E-state index >= 15 is 0 Å². The molecule has 2 N–H and O–H groups in total. The van der Waals surface area contributed by atoms with E-state index in [0.29, 0.717) is 30.6 Å². The first-order chi connectivity index (χ1) is 9.31. The zero-order valence-electron chi connectivity index (χ0n) is 12.5. The Labute approximate surface area is 120 Å². The van der Waals surface area contributed by atoms with Crippen LogP contribution in [0, 0.1) is 12.7 Å². The first kappa shape index (κ1) is 17.1. The molecule has 4 nitrogen and oxygen atoms in total. The Hall–Kier alpha value is -0.980. The molecular formula is C14H23FN2O2S. The van der Waals surface area contributed by atoms with E-state index in [1.54, 1.807) is 13.8 Å². The van der Waals surface area contributed by atoms with Crippen LogP contribution in [0.4, 0.5) is 4.39 Å². The summed E-state index contributed by atoms with van der Waals surface area (Å²) in [7, 11) is -3.60. The maximum atomic E-state index is 14.0. The van der Waals surface area contributed by atoms with Crippen LogP contribution >= 0.6 is 0 Å². The monoisotopic (exact) mass is 302 g/mol. The van der Waals surface area contributed by atoms with E-state index < -0.39 is 10.0 Å². The van der Waals surface area contributed by atoms with Crippen molar-refractivity contribution in [2.24, 2.45) is 0 Å². The quantitative estimate of drug-likeness (QED) is 0.812. The Balaban J connectivity index is 3.15. The largest absolute Gasteiger partial charge is 0.313 e. The SMILES string of the molecule is CCNCc1cc(S(=O)(=O)NC(C)CC)cc(C)c1F. The fourth-order valence-electron chi connectivity index (χ4n) is 1.77. The van der Waals surface area contributed by atoms with Crippen LogP contribution in [0.3, 0.4) is 0 Å². The van der Waals surface area contributed by atoms with E-state index in [2.05, 4.69) is 10.0 Å². The summed E-state index contributed by atoms with van der Waals surface area (Å²) in [4.78, 5) is 0.115. The van der Waals surface area contributed by atoms with Gasteiger partial charge in [-0.05, 0) is 44.5 Å². The van der Waals surface area contributed by atoms with Crippen molar-refractivity contribution in [3.8, 4) is 0 Å². The highest BCUT2D eigenvalue weighted by atomic mass is 32.2. The molecule has 0 aromatic heterocycles. The van der Waals surface area contributed by atoms with E-state index in [9.17, 15) is 12.8 Å². The van der Waals surface area contributed by atoms with Crippen molar-refractivity contribution in [2.75, 3.05) is 6.54 Å². The number of rotatable bonds is 7. The number of aryl methyl sites for hydroxylation is 1. The molecule has 1 atom stereocenters. The molecule has 0 amide bonds. The van der Waals surface area contributed by atoms with Gasteiger partial charge in [-0.15, -0.1) is 0 Å². The predicted molar refractivity (Wildman–Crippen MR) is 78.6 cm³/mol. The maximum Gasteiger partial charge on any atom is 0.240 e. The van der Waals surface area contributed by atoms with Crippen LogP contribution in [-0.2, 0) is 16.6 Å². The zero-order chi connectivity index (χ0) is 15.3. The fraction of sp³-hybridized carbons (Fsp3) is 0.571. The van der Waals surface area contributed by atoms with E-state index in [1.165, 1.54) is 12.1 Å². The number of sulfonamides is 1. The minimum atomic E-state index is -3.60. The number of hydrogen-bond donors (Lipinski definition) is 2. The molecule has 0 bridgehead atoms. The van der Waals surface area contributed by atoms with Crippen LogP contribution < -0.4 is 10.0 Å². The highest BCUT2D eigenvalue weighted by Gasteiger charge is 2.19. The van der Waals surface area contributed by atoms with Gasteiger partial charge in [-0.3, -0.25) is 0 Å². The lowest BCUT2D eigenvalue weighted by Crippen LogP contribution is -2.32. The van der Waals surface area contributed by atoms with Crippen molar-refractivity contribution >= 4 is 10.0 Å². The summed E-state index contributed by atoms with van der Waals surface area (Å²) in [6, 6.07) is 2.62. The summed E-state index contributed by atoms with van der Waals surface area (Å²) >= 11 is 0. The second-order valence-electron chi connectivity index (χ2n) is 4.92. The highest BCUT2D eigenvalue weighted by Crippen LogP contribution is 2.19. The maximum absolute atomic E-state index is 14.0. The van der Waals surface area contributed by atoms with Crippen LogP contribution in [-0.4, -0.2) is 21.0 Å². The molecule has 1 aromatic rings.